The van der Waals surface area contributed by atoms with E-state index in [1.54, 1.807) is 6.08 Å². The van der Waals surface area contributed by atoms with Gasteiger partial charge < -0.3 is 4.90 Å². The minimum absolute atomic E-state index is 0.141. The predicted molar refractivity (Wildman–Crippen MR) is 73.4 cm³/mol. The first-order valence-corrected chi connectivity index (χ1v) is 6.59. The Hall–Kier alpha value is -0.840. The summed E-state index contributed by atoms with van der Waals surface area (Å²) in [6.45, 7) is 3.60. The van der Waals surface area contributed by atoms with E-state index >= 15 is 0 Å². The molecule has 2 rings (SSSR count). The lowest BCUT2D eigenvalue weighted by Crippen LogP contribution is -2.25. The van der Waals surface area contributed by atoms with Crippen LogP contribution in [0.25, 0.3) is 0 Å². The maximum Gasteiger partial charge on any atom is 0.247 e. The van der Waals surface area contributed by atoms with Crippen molar-refractivity contribution in [3.63, 3.8) is 0 Å². The number of rotatable bonds is 3. The SMILES string of the molecule is CC(I)C1=CC(=O)N(Cc2ccccc2)C1. The van der Waals surface area contributed by atoms with Crippen molar-refractivity contribution in [2.45, 2.75) is 17.4 Å². The van der Waals surface area contributed by atoms with Gasteiger partial charge in [-0.2, -0.15) is 0 Å². The second-order valence-electron chi connectivity index (χ2n) is 4.02. The van der Waals surface area contributed by atoms with Gasteiger partial charge >= 0.3 is 0 Å². The Morgan fingerprint density at radius 2 is 2.06 bits per heavy atom. The van der Waals surface area contributed by atoms with Crippen LogP contribution in [-0.4, -0.2) is 21.3 Å². The summed E-state index contributed by atoms with van der Waals surface area (Å²) in [4.78, 5) is 13.6. The molecule has 1 atom stereocenters. The summed E-state index contributed by atoms with van der Waals surface area (Å²) in [6, 6.07) is 10.1. The molecule has 1 aromatic rings. The van der Waals surface area contributed by atoms with Gasteiger partial charge in [0.1, 0.15) is 0 Å². The molecule has 0 fully saturated rings. The van der Waals surface area contributed by atoms with E-state index in [2.05, 4.69) is 41.6 Å². The molecule has 0 aromatic heterocycles. The van der Waals surface area contributed by atoms with Gasteiger partial charge in [0.25, 0.3) is 0 Å². The van der Waals surface area contributed by atoms with Crippen molar-refractivity contribution >= 4 is 28.5 Å². The quantitative estimate of drug-likeness (QED) is 0.618. The lowest BCUT2D eigenvalue weighted by Gasteiger charge is -2.17. The highest BCUT2D eigenvalue weighted by atomic mass is 127. The van der Waals surface area contributed by atoms with Crippen LogP contribution < -0.4 is 0 Å². The van der Waals surface area contributed by atoms with Crippen LogP contribution in [0.15, 0.2) is 42.0 Å². The molecule has 16 heavy (non-hydrogen) atoms. The Balaban J connectivity index is 2.02. The number of carbonyl (C=O) groups is 1. The molecule has 1 heterocycles. The third-order valence-corrected chi connectivity index (χ3v) is 3.52. The molecule has 0 N–H and O–H groups in total. The smallest absolute Gasteiger partial charge is 0.247 e. The molecule has 0 bridgehead atoms. The van der Waals surface area contributed by atoms with Crippen LogP contribution in [0, 0.1) is 0 Å². The highest BCUT2D eigenvalue weighted by molar-refractivity contribution is 14.1. The molecule has 0 radical (unpaired) electrons. The monoisotopic (exact) mass is 327 g/mol. The molecule has 2 nitrogen and oxygen atoms in total. The molecular weight excluding hydrogens is 313 g/mol. The van der Waals surface area contributed by atoms with Crippen LogP contribution >= 0.6 is 22.6 Å². The fourth-order valence-electron chi connectivity index (χ4n) is 1.77. The van der Waals surface area contributed by atoms with E-state index in [9.17, 15) is 4.79 Å². The summed E-state index contributed by atoms with van der Waals surface area (Å²) in [5.41, 5.74) is 2.41. The minimum atomic E-state index is 0.141. The standard InChI is InChI=1S/C13H14INO/c1-10(14)12-7-13(16)15(9-12)8-11-5-3-2-4-6-11/h2-7,10H,8-9H2,1H3. The minimum Gasteiger partial charge on any atom is -0.331 e. The number of hydrogen-bond acceptors (Lipinski definition) is 1. The molecule has 0 spiro atoms. The normalized spacial score (nSPS) is 17.5. The van der Waals surface area contributed by atoms with Crippen LogP contribution in [0.1, 0.15) is 12.5 Å². The van der Waals surface area contributed by atoms with Crippen molar-refractivity contribution < 1.29 is 4.79 Å². The second kappa shape index (κ2) is 4.99. The molecule has 0 saturated carbocycles. The van der Waals surface area contributed by atoms with E-state index in [0.717, 1.165) is 6.54 Å². The summed E-state index contributed by atoms with van der Waals surface area (Å²) >= 11 is 2.35. The van der Waals surface area contributed by atoms with E-state index in [1.807, 2.05) is 23.1 Å². The zero-order valence-corrected chi connectivity index (χ0v) is 11.3. The molecule has 1 unspecified atom stereocenters. The first kappa shape index (κ1) is 11.6. The lowest BCUT2D eigenvalue weighted by atomic mass is 10.2. The fourth-order valence-corrected chi connectivity index (χ4v) is 2.15. The van der Waals surface area contributed by atoms with Crippen LogP contribution in [-0.2, 0) is 11.3 Å². The maximum absolute atomic E-state index is 11.7. The number of nitrogens with zero attached hydrogens (tertiary/aromatic N) is 1. The van der Waals surface area contributed by atoms with Gasteiger partial charge in [0, 0.05) is 23.1 Å². The summed E-state index contributed by atoms with van der Waals surface area (Å²) in [6.07, 6.45) is 1.78. The number of hydrogen-bond donors (Lipinski definition) is 0. The number of alkyl halides is 1. The van der Waals surface area contributed by atoms with Gasteiger partial charge in [0.05, 0.1) is 0 Å². The maximum atomic E-state index is 11.7. The molecule has 84 valence electrons. The molecule has 0 saturated heterocycles. The van der Waals surface area contributed by atoms with E-state index in [1.165, 1.54) is 11.1 Å². The first-order valence-electron chi connectivity index (χ1n) is 5.34. The zero-order chi connectivity index (χ0) is 11.5. The summed E-state index contributed by atoms with van der Waals surface area (Å²) in [5.74, 6) is 0.141. The molecular formula is C13H14INO. The molecule has 3 heteroatoms. The predicted octanol–water partition coefficient (Wildman–Crippen LogP) is 2.78. The Kier molecular flexibility index (Phi) is 3.63. The molecule has 1 aromatic carbocycles. The van der Waals surface area contributed by atoms with Crippen molar-refractivity contribution in [3.05, 3.63) is 47.5 Å². The van der Waals surface area contributed by atoms with Crippen LogP contribution in [0.4, 0.5) is 0 Å². The number of benzene rings is 1. The topological polar surface area (TPSA) is 20.3 Å². The molecule has 0 aliphatic carbocycles. The second-order valence-corrected chi connectivity index (χ2v) is 5.88. The Bertz CT molecular complexity index is 411. The Morgan fingerprint density at radius 3 is 2.62 bits per heavy atom. The van der Waals surface area contributed by atoms with Crippen molar-refractivity contribution in [1.29, 1.82) is 0 Å². The number of halogens is 1. The van der Waals surface area contributed by atoms with Gasteiger partial charge in [0.2, 0.25) is 5.91 Å². The summed E-state index contributed by atoms with van der Waals surface area (Å²) in [7, 11) is 0. The van der Waals surface area contributed by atoms with Crippen molar-refractivity contribution in [1.82, 2.24) is 4.90 Å². The van der Waals surface area contributed by atoms with E-state index in [0.29, 0.717) is 10.5 Å². The highest BCUT2D eigenvalue weighted by Gasteiger charge is 2.23. The van der Waals surface area contributed by atoms with Gasteiger partial charge in [-0.15, -0.1) is 0 Å². The third kappa shape index (κ3) is 2.64. The summed E-state index contributed by atoms with van der Waals surface area (Å²) in [5, 5.41) is 0. The van der Waals surface area contributed by atoms with Crippen LogP contribution in [0.5, 0.6) is 0 Å². The Morgan fingerprint density at radius 1 is 1.38 bits per heavy atom. The number of amides is 1. The number of carbonyl (C=O) groups excluding carboxylic acids is 1. The average molecular weight is 327 g/mol. The highest BCUT2D eigenvalue weighted by Crippen LogP contribution is 2.21. The van der Waals surface area contributed by atoms with Gasteiger partial charge in [-0.3, -0.25) is 4.79 Å². The van der Waals surface area contributed by atoms with Crippen LogP contribution in [0.2, 0.25) is 0 Å². The van der Waals surface area contributed by atoms with Gasteiger partial charge in [0.15, 0.2) is 0 Å². The zero-order valence-electron chi connectivity index (χ0n) is 9.19. The van der Waals surface area contributed by atoms with Crippen LogP contribution in [0.3, 0.4) is 0 Å². The third-order valence-electron chi connectivity index (χ3n) is 2.72. The fraction of sp³-hybridized carbons (Fsp3) is 0.308. The van der Waals surface area contributed by atoms with Gasteiger partial charge in [-0.25, -0.2) is 0 Å². The lowest BCUT2D eigenvalue weighted by molar-refractivity contribution is -0.125. The van der Waals surface area contributed by atoms with Gasteiger partial charge in [-0.1, -0.05) is 52.9 Å². The van der Waals surface area contributed by atoms with Gasteiger partial charge in [-0.05, 0) is 18.1 Å². The first-order chi connectivity index (χ1) is 7.66. The molecule has 1 amide bonds. The van der Waals surface area contributed by atoms with E-state index in [4.69, 9.17) is 0 Å². The van der Waals surface area contributed by atoms with Crippen molar-refractivity contribution in [3.8, 4) is 0 Å². The molecule has 1 aliphatic rings. The van der Waals surface area contributed by atoms with Crippen molar-refractivity contribution in [2.75, 3.05) is 6.54 Å². The Labute approximate surface area is 109 Å². The van der Waals surface area contributed by atoms with E-state index < -0.39 is 0 Å². The summed E-state index contributed by atoms with van der Waals surface area (Å²) < 4.78 is 0.433. The molecule has 1 aliphatic heterocycles. The van der Waals surface area contributed by atoms with Crippen molar-refractivity contribution in [2.24, 2.45) is 0 Å². The van der Waals surface area contributed by atoms with E-state index in [-0.39, 0.29) is 5.91 Å². The average Bonchev–Trinajstić information content (AvgIpc) is 2.62. The largest absolute Gasteiger partial charge is 0.331 e.